The number of halogens is 8. The van der Waals surface area contributed by atoms with E-state index in [2.05, 4.69) is 0 Å². The number of hydrogen-bond donors (Lipinski definition) is 0. The Morgan fingerprint density at radius 3 is 1.00 bits per heavy atom. The maximum absolute atomic E-state index is 12.7. The quantitative estimate of drug-likeness (QED) is 0.375. The fraction of sp³-hybridized carbons (Fsp3) is 0.250. The number of hydrogen-bond acceptors (Lipinski definition) is 0. The SMILES string of the molecule is Fc1c(F)c(F)c2c(c1F)C(F)(F)C2(F)F. The van der Waals surface area contributed by atoms with Crippen molar-refractivity contribution in [2.24, 2.45) is 0 Å². The number of fused-ring (bicyclic) bond motifs is 1. The van der Waals surface area contributed by atoms with E-state index in [4.69, 9.17) is 0 Å². The van der Waals surface area contributed by atoms with E-state index in [0.29, 0.717) is 0 Å². The van der Waals surface area contributed by atoms with Gasteiger partial charge in [0.15, 0.2) is 23.3 Å². The number of rotatable bonds is 0. The molecule has 1 aliphatic rings. The molecule has 2 rings (SSSR count). The molecule has 0 amide bonds. The average Bonchev–Trinajstić information content (AvgIpc) is 2.19. The molecule has 88 valence electrons. The fourth-order valence-corrected chi connectivity index (χ4v) is 1.47. The molecule has 8 heteroatoms. The first-order valence-corrected chi connectivity index (χ1v) is 3.76. The van der Waals surface area contributed by atoms with Crippen molar-refractivity contribution in [3.05, 3.63) is 34.4 Å². The second kappa shape index (κ2) is 2.67. The predicted octanol–water partition coefficient (Wildman–Crippen LogP) is 3.44. The number of benzene rings is 1. The van der Waals surface area contributed by atoms with E-state index in [1.807, 2.05) is 0 Å². The maximum atomic E-state index is 12.7. The van der Waals surface area contributed by atoms with Crippen molar-refractivity contribution in [2.45, 2.75) is 11.8 Å². The second-order valence-electron chi connectivity index (χ2n) is 3.15. The average molecular weight is 248 g/mol. The van der Waals surface area contributed by atoms with Crippen molar-refractivity contribution in [1.29, 1.82) is 0 Å². The molecule has 0 N–H and O–H groups in total. The van der Waals surface area contributed by atoms with Crippen LogP contribution < -0.4 is 0 Å². The van der Waals surface area contributed by atoms with Crippen LogP contribution in [0.3, 0.4) is 0 Å². The van der Waals surface area contributed by atoms with Gasteiger partial charge in [0.25, 0.3) is 0 Å². The summed E-state index contributed by atoms with van der Waals surface area (Å²) in [7, 11) is 0. The minimum atomic E-state index is -5.04. The van der Waals surface area contributed by atoms with Crippen LogP contribution in [0.25, 0.3) is 0 Å². The molecule has 0 fully saturated rings. The smallest absolute Gasteiger partial charge is 0.203 e. The first kappa shape index (κ1) is 11.2. The molecule has 0 saturated carbocycles. The van der Waals surface area contributed by atoms with Gasteiger partial charge in [-0.15, -0.1) is 0 Å². The van der Waals surface area contributed by atoms with E-state index in [9.17, 15) is 35.1 Å². The van der Waals surface area contributed by atoms with Crippen molar-refractivity contribution in [2.75, 3.05) is 0 Å². The van der Waals surface area contributed by atoms with Gasteiger partial charge < -0.3 is 0 Å². The summed E-state index contributed by atoms with van der Waals surface area (Å²) in [4.78, 5) is 0. The third kappa shape index (κ3) is 0.903. The molecule has 0 aromatic heterocycles. The molecular formula is C8F8. The molecule has 0 nitrogen and oxygen atoms in total. The van der Waals surface area contributed by atoms with Crippen LogP contribution in [0.5, 0.6) is 0 Å². The summed E-state index contributed by atoms with van der Waals surface area (Å²) in [5.41, 5.74) is -4.26. The summed E-state index contributed by atoms with van der Waals surface area (Å²) in [6, 6.07) is 0. The molecule has 1 aromatic carbocycles. The lowest BCUT2D eigenvalue weighted by molar-refractivity contribution is -0.258. The van der Waals surface area contributed by atoms with E-state index in [1.54, 1.807) is 0 Å². The van der Waals surface area contributed by atoms with Gasteiger partial charge in [-0.2, -0.15) is 17.6 Å². The van der Waals surface area contributed by atoms with E-state index in [1.165, 1.54) is 0 Å². The summed E-state index contributed by atoms with van der Waals surface area (Å²) in [5.74, 6) is -20.1. The van der Waals surface area contributed by atoms with Crippen LogP contribution in [0, 0.1) is 23.3 Å². The minimum Gasteiger partial charge on any atom is -0.203 e. The highest BCUT2D eigenvalue weighted by molar-refractivity contribution is 5.49. The zero-order valence-electron chi connectivity index (χ0n) is 7.02. The van der Waals surface area contributed by atoms with Crippen LogP contribution in [0.1, 0.15) is 11.1 Å². The van der Waals surface area contributed by atoms with Gasteiger partial charge >= 0.3 is 11.8 Å². The molecule has 0 unspecified atom stereocenters. The lowest BCUT2D eigenvalue weighted by Crippen LogP contribution is -2.49. The molecule has 0 spiro atoms. The highest BCUT2D eigenvalue weighted by atomic mass is 19.3. The molecule has 0 saturated heterocycles. The Morgan fingerprint density at radius 1 is 0.500 bits per heavy atom. The Morgan fingerprint density at radius 2 is 0.750 bits per heavy atom. The second-order valence-corrected chi connectivity index (χ2v) is 3.15. The first-order valence-electron chi connectivity index (χ1n) is 3.76. The number of alkyl halides is 4. The van der Waals surface area contributed by atoms with Gasteiger partial charge in [-0.1, -0.05) is 0 Å². The lowest BCUT2D eigenvalue weighted by Gasteiger charge is -2.38. The third-order valence-corrected chi connectivity index (χ3v) is 2.29. The van der Waals surface area contributed by atoms with Gasteiger partial charge in [0.05, 0.1) is 11.1 Å². The summed E-state index contributed by atoms with van der Waals surface area (Å²) in [6.07, 6.45) is 0. The van der Waals surface area contributed by atoms with Crippen LogP contribution in [0.2, 0.25) is 0 Å². The van der Waals surface area contributed by atoms with Crippen molar-refractivity contribution in [3.63, 3.8) is 0 Å². The van der Waals surface area contributed by atoms with Crippen LogP contribution in [0.15, 0.2) is 0 Å². The van der Waals surface area contributed by atoms with Crippen LogP contribution in [0.4, 0.5) is 35.1 Å². The zero-order valence-corrected chi connectivity index (χ0v) is 7.02. The van der Waals surface area contributed by atoms with Crippen molar-refractivity contribution in [3.8, 4) is 0 Å². The monoisotopic (exact) mass is 248 g/mol. The van der Waals surface area contributed by atoms with Gasteiger partial charge in [0, 0.05) is 0 Å². The standard InChI is InChI=1S/C8F8/c9-3-1-2(4(10)6(12)5(3)11)8(15,16)7(1,13)14. The minimum absolute atomic E-state index is 2.13. The van der Waals surface area contributed by atoms with Crippen molar-refractivity contribution in [1.82, 2.24) is 0 Å². The Kier molecular flexibility index (Phi) is 1.86. The van der Waals surface area contributed by atoms with E-state index >= 15 is 0 Å². The van der Waals surface area contributed by atoms with E-state index in [-0.39, 0.29) is 0 Å². The predicted molar refractivity (Wildman–Crippen MR) is 34.1 cm³/mol. The molecule has 1 aromatic rings. The summed E-state index contributed by atoms with van der Waals surface area (Å²) in [5, 5.41) is 0. The van der Waals surface area contributed by atoms with Gasteiger partial charge in [0.2, 0.25) is 0 Å². The van der Waals surface area contributed by atoms with Gasteiger partial charge in [-0.05, 0) is 0 Å². The molecular weight excluding hydrogens is 248 g/mol. The zero-order chi connectivity index (χ0) is 12.5. The topological polar surface area (TPSA) is 0 Å². The van der Waals surface area contributed by atoms with E-state index < -0.39 is 46.2 Å². The molecule has 0 bridgehead atoms. The van der Waals surface area contributed by atoms with Crippen LogP contribution in [-0.2, 0) is 11.8 Å². The van der Waals surface area contributed by atoms with Crippen LogP contribution in [-0.4, -0.2) is 0 Å². The Bertz CT molecular complexity index is 445. The molecule has 0 aliphatic heterocycles. The van der Waals surface area contributed by atoms with Gasteiger partial charge in [-0.3, -0.25) is 0 Å². The highest BCUT2D eigenvalue weighted by Crippen LogP contribution is 2.62. The molecule has 1 aliphatic carbocycles. The van der Waals surface area contributed by atoms with Gasteiger partial charge in [-0.25, -0.2) is 17.6 Å². The maximum Gasteiger partial charge on any atom is 0.343 e. The molecule has 0 radical (unpaired) electrons. The van der Waals surface area contributed by atoms with Crippen molar-refractivity contribution >= 4 is 0 Å². The first-order chi connectivity index (χ1) is 7.14. The Hall–Kier alpha value is -1.34. The Labute approximate surface area is 82.5 Å². The van der Waals surface area contributed by atoms with Crippen molar-refractivity contribution < 1.29 is 35.1 Å². The largest absolute Gasteiger partial charge is 0.343 e. The van der Waals surface area contributed by atoms with Crippen LogP contribution >= 0.6 is 0 Å². The van der Waals surface area contributed by atoms with Gasteiger partial charge in [0.1, 0.15) is 0 Å². The summed E-state index contributed by atoms with van der Waals surface area (Å²) >= 11 is 0. The third-order valence-electron chi connectivity index (χ3n) is 2.29. The van der Waals surface area contributed by atoms with E-state index in [0.717, 1.165) is 0 Å². The Balaban J connectivity index is 2.88. The summed E-state index contributed by atoms with van der Waals surface area (Å²) in [6.45, 7) is 0. The molecule has 16 heavy (non-hydrogen) atoms. The normalized spacial score (nSPS) is 20.2. The highest BCUT2D eigenvalue weighted by Gasteiger charge is 2.73. The molecule has 0 heterocycles. The summed E-state index contributed by atoms with van der Waals surface area (Å²) < 4.78 is 101. The molecule has 0 atom stereocenters. The lowest BCUT2D eigenvalue weighted by atomic mass is 9.79. The fourth-order valence-electron chi connectivity index (χ4n) is 1.47.